The highest BCUT2D eigenvalue weighted by atomic mass is 32.1. The van der Waals surface area contributed by atoms with Crippen molar-refractivity contribution in [1.82, 2.24) is 15.2 Å². The topological polar surface area (TPSA) is 80.8 Å². The quantitative estimate of drug-likeness (QED) is 0.509. The van der Waals surface area contributed by atoms with Crippen LogP contribution in [0.1, 0.15) is 65.4 Å². The zero-order valence-corrected chi connectivity index (χ0v) is 19.0. The van der Waals surface area contributed by atoms with Crippen LogP contribution in [0.4, 0.5) is 0 Å². The van der Waals surface area contributed by atoms with Crippen LogP contribution < -0.4 is 14.8 Å². The number of benzene rings is 1. The third-order valence-electron chi connectivity index (χ3n) is 4.59. The number of amides is 2. The van der Waals surface area contributed by atoms with Gasteiger partial charge < -0.3 is 19.7 Å². The first-order valence-corrected chi connectivity index (χ1v) is 11.1. The fourth-order valence-corrected chi connectivity index (χ4v) is 3.62. The van der Waals surface area contributed by atoms with Gasteiger partial charge in [0.15, 0.2) is 0 Å². The lowest BCUT2D eigenvalue weighted by Crippen LogP contribution is -2.31. The second-order valence-corrected chi connectivity index (χ2v) is 7.86. The highest BCUT2D eigenvalue weighted by molar-refractivity contribution is 7.09. The van der Waals surface area contributed by atoms with Crippen molar-refractivity contribution in [3.63, 3.8) is 0 Å². The molecule has 164 valence electrons. The van der Waals surface area contributed by atoms with Crippen LogP contribution in [-0.4, -0.2) is 49.0 Å². The number of nitrogens with one attached hydrogen (secondary N) is 1. The van der Waals surface area contributed by atoms with Gasteiger partial charge in [-0.05, 0) is 25.0 Å². The number of nitrogens with zero attached hydrogens (tertiary/aromatic N) is 2. The van der Waals surface area contributed by atoms with E-state index in [4.69, 9.17) is 9.47 Å². The summed E-state index contributed by atoms with van der Waals surface area (Å²) in [5.41, 5.74) is 0.897. The Balaban J connectivity index is 2.16. The lowest BCUT2D eigenvalue weighted by atomic mass is 10.1. The molecule has 0 saturated heterocycles. The van der Waals surface area contributed by atoms with Crippen molar-refractivity contribution in [2.24, 2.45) is 0 Å². The summed E-state index contributed by atoms with van der Waals surface area (Å²) in [6, 6.07) is 5.15. The summed E-state index contributed by atoms with van der Waals surface area (Å²) in [5, 5.41) is 5.35. The molecule has 0 atom stereocenters. The molecule has 0 bridgehead atoms. The molecular formula is C22H31N3O4S. The Kier molecular flexibility index (Phi) is 9.60. The summed E-state index contributed by atoms with van der Waals surface area (Å²) in [6.45, 7) is 5.75. The third-order valence-corrected chi connectivity index (χ3v) is 5.43. The van der Waals surface area contributed by atoms with Gasteiger partial charge >= 0.3 is 0 Å². The predicted octanol–water partition coefficient (Wildman–Crippen LogP) is 4.13. The largest absolute Gasteiger partial charge is 0.497 e. The number of carbonyl (C=O) groups is 2. The average molecular weight is 434 g/mol. The molecule has 0 fully saturated rings. The Morgan fingerprint density at radius 3 is 2.33 bits per heavy atom. The molecule has 1 aromatic heterocycles. The van der Waals surface area contributed by atoms with Crippen LogP contribution >= 0.6 is 11.3 Å². The Morgan fingerprint density at radius 2 is 1.73 bits per heavy atom. The molecule has 0 aliphatic carbocycles. The van der Waals surface area contributed by atoms with E-state index < -0.39 is 0 Å². The second-order valence-electron chi connectivity index (χ2n) is 6.92. The maximum absolute atomic E-state index is 13.2. The van der Waals surface area contributed by atoms with Crippen molar-refractivity contribution in [3.05, 3.63) is 39.8 Å². The maximum atomic E-state index is 13.2. The van der Waals surface area contributed by atoms with Gasteiger partial charge in [0.25, 0.3) is 11.8 Å². The van der Waals surface area contributed by atoms with Gasteiger partial charge in [0.1, 0.15) is 22.2 Å². The fraction of sp³-hybridized carbons (Fsp3) is 0.500. The van der Waals surface area contributed by atoms with Crippen molar-refractivity contribution in [3.8, 4) is 11.5 Å². The number of rotatable bonds is 12. The first-order chi connectivity index (χ1) is 14.5. The van der Waals surface area contributed by atoms with Gasteiger partial charge in [-0.1, -0.05) is 26.7 Å². The molecule has 1 aromatic carbocycles. The minimum atomic E-state index is -0.171. The van der Waals surface area contributed by atoms with E-state index in [2.05, 4.69) is 24.1 Å². The summed E-state index contributed by atoms with van der Waals surface area (Å²) >= 11 is 1.39. The van der Waals surface area contributed by atoms with E-state index >= 15 is 0 Å². The third kappa shape index (κ3) is 6.73. The number of hydrogen-bond acceptors (Lipinski definition) is 6. The minimum absolute atomic E-state index is 0.121. The number of aromatic nitrogens is 1. The number of carbonyl (C=O) groups excluding carboxylic acids is 2. The van der Waals surface area contributed by atoms with Gasteiger partial charge in [0.05, 0.1) is 20.8 Å². The molecule has 0 unspecified atom stereocenters. The van der Waals surface area contributed by atoms with E-state index in [-0.39, 0.29) is 11.8 Å². The van der Waals surface area contributed by atoms with Crippen LogP contribution in [0.5, 0.6) is 11.5 Å². The van der Waals surface area contributed by atoms with E-state index in [9.17, 15) is 9.59 Å². The fourth-order valence-electron chi connectivity index (χ4n) is 2.84. The molecule has 1 heterocycles. The van der Waals surface area contributed by atoms with Gasteiger partial charge in [-0.15, -0.1) is 11.3 Å². The first kappa shape index (κ1) is 23.7. The summed E-state index contributed by atoms with van der Waals surface area (Å²) < 4.78 is 10.6. The zero-order valence-electron chi connectivity index (χ0n) is 18.2. The molecular weight excluding hydrogens is 402 g/mol. The van der Waals surface area contributed by atoms with Gasteiger partial charge in [-0.3, -0.25) is 9.59 Å². The molecule has 30 heavy (non-hydrogen) atoms. The number of ether oxygens (including phenoxy) is 2. The van der Waals surface area contributed by atoms with Crippen LogP contribution in [0.3, 0.4) is 0 Å². The average Bonchev–Trinajstić information content (AvgIpc) is 3.24. The molecule has 2 aromatic rings. The first-order valence-electron chi connectivity index (χ1n) is 10.3. The van der Waals surface area contributed by atoms with Crippen molar-refractivity contribution in [2.45, 2.75) is 46.1 Å². The molecule has 2 rings (SSSR count). The van der Waals surface area contributed by atoms with Crippen LogP contribution in [0.2, 0.25) is 0 Å². The van der Waals surface area contributed by atoms with Crippen LogP contribution in [0.15, 0.2) is 23.6 Å². The van der Waals surface area contributed by atoms with Crippen molar-refractivity contribution >= 4 is 23.2 Å². The lowest BCUT2D eigenvalue weighted by molar-refractivity contribution is 0.0740. The van der Waals surface area contributed by atoms with Crippen molar-refractivity contribution in [2.75, 3.05) is 27.3 Å². The van der Waals surface area contributed by atoms with E-state index in [1.54, 1.807) is 42.7 Å². The molecule has 2 amide bonds. The molecule has 0 aliphatic rings. The van der Waals surface area contributed by atoms with Crippen LogP contribution in [-0.2, 0) is 6.54 Å². The Morgan fingerprint density at radius 1 is 1.07 bits per heavy atom. The predicted molar refractivity (Wildman–Crippen MR) is 119 cm³/mol. The molecule has 1 N–H and O–H groups in total. The normalized spacial score (nSPS) is 10.5. The van der Waals surface area contributed by atoms with Crippen LogP contribution in [0, 0.1) is 0 Å². The summed E-state index contributed by atoms with van der Waals surface area (Å²) in [7, 11) is 3.11. The van der Waals surface area contributed by atoms with Gasteiger partial charge in [0, 0.05) is 30.1 Å². The van der Waals surface area contributed by atoms with E-state index in [1.165, 1.54) is 11.3 Å². The second kappa shape index (κ2) is 12.2. The molecule has 0 radical (unpaired) electrons. The summed E-state index contributed by atoms with van der Waals surface area (Å²) in [4.78, 5) is 31.6. The van der Waals surface area contributed by atoms with Gasteiger partial charge in [0.2, 0.25) is 0 Å². The maximum Gasteiger partial charge on any atom is 0.270 e. The summed E-state index contributed by atoms with van der Waals surface area (Å²) in [6.07, 6.45) is 3.80. The van der Waals surface area contributed by atoms with Crippen molar-refractivity contribution in [1.29, 1.82) is 0 Å². The van der Waals surface area contributed by atoms with Crippen molar-refractivity contribution < 1.29 is 19.1 Å². The zero-order chi connectivity index (χ0) is 21.9. The van der Waals surface area contributed by atoms with Gasteiger partial charge in [-0.2, -0.15) is 0 Å². The smallest absolute Gasteiger partial charge is 0.270 e. The van der Waals surface area contributed by atoms with Crippen LogP contribution in [0.25, 0.3) is 0 Å². The molecule has 0 spiro atoms. The van der Waals surface area contributed by atoms with Gasteiger partial charge in [-0.25, -0.2) is 4.98 Å². The molecule has 0 saturated carbocycles. The van der Waals surface area contributed by atoms with E-state index in [1.807, 2.05) is 0 Å². The number of methoxy groups -OCH3 is 2. The monoisotopic (exact) mass is 433 g/mol. The Hall–Kier alpha value is -2.61. The Bertz CT molecular complexity index is 815. The number of hydrogen-bond donors (Lipinski definition) is 1. The van der Waals surface area contributed by atoms with E-state index in [0.29, 0.717) is 42.4 Å². The minimum Gasteiger partial charge on any atom is -0.497 e. The summed E-state index contributed by atoms with van der Waals surface area (Å²) in [5.74, 6) is 0.835. The highest BCUT2D eigenvalue weighted by Crippen LogP contribution is 2.24. The SMILES string of the molecule is CCCCNC(=O)c1csc(CN(CCCC)C(=O)c2cc(OC)cc(OC)c2)n1. The molecule has 8 heteroatoms. The Labute approximate surface area is 182 Å². The van der Waals surface area contributed by atoms with E-state index in [0.717, 1.165) is 30.7 Å². The number of unbranched alkanes of at least 4 members (excludes halogenated alkanes) is 2. The lowest BCUT2D eigenvalue weighted by Gasteiger charge is -2.22. The standard InChI is InChI=1S/C22H31N3O4S/c1-5-7-9-23-21(26)19-15-30-20(24-19)14-25(10-8-6-2)22(27)16-11-17(28-3)13-18(12-16)29-4/h11-13,15H,5-10,14H2,1-4H3,(H,23,26). The molecule has 7 nitrogen and oxygen atoms in total. The number of thiazole rings is 1. The molecule has 0 aliphatic heterocycles. The highest BCUT2D eigenvalue weighted by Gasteiger charge is 2.20.